The van der Waals surface area contributed by atoms with Crippen molar-refractivity contribution in [3.63, 3.8) is 0 Å². The summed E-state index contributed by atoms with van der Waals surface area (Å²) in [6.07, 6.45) is 4.35. The number of hydrogen-bond acceptors (Lipinski definition) is 1. The molecule has 0 aromatic rings. The van der Waals surface area contributed by atoms with Crippen LogP contribution in [0.3, 0.4) is 0 Å². The van der Waals surface area contributed by atoms with Gasteiger partial charge in [-0.1, -0.05) is 6.92 Å². The van der Waals surface area contributed by atoms with Crippen LogP contribution in [0.15, 0.2) is 0 Å². The molecule has 0 aromatic carbocycles. The first kappa shape index (κ1) is 7.37. The topological polar surface area (TPSA) is 26.0 Å². The van der Waals surface area contributed by atoms with E-state index in [1.165, 1.54) is 19.3 Å². The summed E-state index contributed by atoms with van der Waals surface area (Å²) in [5, 5.41) is 0. The minimum Gasteiger partial charge on any atom is -0.325 e. The Balaban J connectivity index is 1.78. The van der Waals surface area contributed by atoms with E-state index >= 15 is 0 Å². The number of rotatable bonds is 1. The van der Waals surface area contributed by atoms with Gasteiger partial charge < -0.3 is 5.73 Å². The lowest BCUT2D eigenvalue weighted by Gasteiger charge is -2.65. The molecule has 0 aromatic heterocycles. The fourth-order valence-corrected chi connectivity index (χ4v) is 3.95. The Labute approximate surface area is 74.7 Å². The Bertz CT molecular complexity index is 217. The number of hydrogen-bond donors (Lipinski definition) is 1. The summed E-state index contributed by atoms with van der Waals surface area (Å²) in [6, 6.07) is 0. The molecule has 1 nitrogen and oxygen atoms in total. The van der Waals surface area contributed by atoms with Crippen LogP contribution in [0, 0.1) is 29.6 Å². The molecule has 0 heterocycles. The smallest absolute Gasteiger partial charge is 0.0191 e. The SMILES string of the molecule is C[C@H]1C[C@H]1C1C2CCC2C1(C)N. The average Bonchev–Trinajstić information content (AvgIpc) is 2.57. The van der Waals surface area contributed by atoms with Crippen LogP contribution in [0.25, 0.3) is 0 Å². The van der Waals surface area contributed by atoms with Gasteiger partial charge in [-0.05, 0) is 55.8 Å². The largest absolute Gasteiger partial charge is 0.325 e. The van der Waals surface area contributed by atoms with E-state index in [0.717, 1.165) is 29.6 Å². The van der Waals surface area contributed by atoms with Gasteiger partial charge in [0.1, 0.15) is 0 Å². The lowest BCUT2D eigenvalue weighted by Crippen LogP contribution is -2.71. The van der Waals surface area contributed by atoms with Gasteiger partial charge in [-0.2, -0.15) is 0 Å². The van der Waals surface area contributed by atoms with Crippen LogP contribution < -0.4 is 5.73 Å². The second-order valence-corrected chi connectivity index (χ2v) is 5.62. The molecule has 6 atom stereocenters. The zero-order valence-corrected chi connectivity index (χ0v) is 8.09. The van der Waals surface area contributed by atoms with E-state index in [0.29, 0.717) is 0 Å². The van der Waals surface area contributed by atoms with Crippen molar-refractivity contribution in [3.8, 4) is 0 Å². The summed E-state index contributed by atoms with van der Waals surface area (Å²) < 4.78 is 0. The highest BCUT2D eigenvalue weighted by Gasteiger charge is 2.65. The highest BCUT2D eigenvalue weighted by molar-refractivity contribution is 5.18. The van der Waals surface area contributed by atoms with Crippen molar-refractivity contribution < 1.29 is 0 Å². The van der Waals surface area contributed by atoms with E-state index in [-0.39, 0.29) is 5.54 Å². The highest BCUT2D eigenvalue weighted by atomic mass is 14.9. The van der Waals surface area contributed by atoms with Gasteiger partial charge >= 0.3 is 0 Å². The van der Waals surface area contributed by atoms with Crippen molar-refractivity contribution >= 4 is 0 Å². The predicted molar refractivity (Wildman–Crippen MR) is 49.6 cm³/mol. The van der Waals surface area contributed by atoms with Crippen molar-refractivity contribution in [1.82, 2.24) is 0 Å². The van der Waals surface area contributed by atoms with Gasteiger partial charge in [0.15, 0.2) is 0 Å². The normalized spacial score (nSPS) is 67.8. The summed E-state index contributed by atoms with van der Waals surface area (Å²) in [4.78, 5) is 0. The molecular formula is C11H19N. The zero-order valence-electron chi connectivity index (χ0n) is 8.09. The van der Waals surface area contributed by atoms with E-state index in [2.05, 4.69) is 13.8 Å². The molecule has 1 heteroatoms. The fourth-order valence-electron chi connectivity index (χ4n) is 3.95. The Morgan fingerprint density at radius 3 is 2.25 bits per heavy atom. The van der Waals surface area contributed by atoms with Gasteiger partial charge in [0, 0.05) is 5.54 Å². The second kappa shape index (κ2) is 1.89. The van der Waals surface area contributed by atoms with Crippen LogP contribution in [0.4, 0.5) is 0 Å². The van der Waals surface area contributed by atoms with Gasteiger partial charge in [-0.15, -0.1) is 0 Å². The molecule has 3 aliphatic carbocycles. The van der Waals surface area contributed by atoms with Crippen LogP contribution in [0.2, 0.25) is 0 Å². The molecule has 3 aliphatic rings. The van der Waals surface area contributed by atoms with Crippen molar-refractivity contribution in [2.24, 2.45) is 35.3 Å². The van der Waals surface area contributed by atoms with E-state index in [9.17, 15) is 0 Å². The molecule has 0 spiro atoms. The highest BCUT2D eigenvalue weighted by Crippen LogP contribution is 2.67. The third-order valence-corrected chi connectivity index (χ3v) is 4.94. The monoisotopic (exact) mass is 165 g/mol. The predicted octanol–water partition coefficient (Wildman–Crippen LogP) is 2.02. The molecule has 0 aliphatic heterocycles. The van der Waals surface area contributed by atoms with Crippen molar-refractivity contribution in [2.45, 2.75) is 38.6 Å². The zero-order chi connectivity index (χ0) is 8.51. The molecule has 0 amide bonds. The molecule has 0 saturated heterocycles. The summed E-state index contributed by atoms with van der Waals surface area (Å²) >= 11 is 0. The van der Waals surface area contributed by atoms with Gasteiger partial charge in [0.25, 0.3) is 0 Å². The number of nitrogens with two attached hydrogens (primary N) is 1. The van der Waals surface area contributed by atoms with Crippen molar-refractivity contribution in [3.05, 3.63) is 0 Å². The molecule has 68 valence electrons. The Morgan fingerprint density at radius 1 is 1.25 bits per heavy atom. The quantitative estimate of drug-likeness (QED) is 0.632. The Hall–Kier alpha value is -0.0400. The Kier molecular flexibility index (Phi) is 1.16. The maximum Gasteiger partial charge on any atom is 0.0191 e. The fraction of sp³-hybridized carbons (Fsp3) is 1.00. The Morgan fingerprint density at radius 2 is 1.92 bits per heavy atom. The van der Waals surface area contributed by atoms with Crippen molar-refractivity contribution in [2.75, 3.05) is 0 Å². The molecule has 0 radical (unpaired) electrons. The molecule has 3 rings (SSSR count). The minimum atomic E-state index is 0.221. The van der Waals surface area contributed by atoms with Gasteiger partial charge in [-0.25, -0.2) is 0 Å². The second-order valence-electron chi connectivity index (χ2n) is 5.62. The average molecular weight is 165 g/mol. The first-order chi connectivity index (χ1) is 5.62. The van der Waals surface area contributed by atoms with Crippen LogP contribution in [-0.2, 0) is 0 Å². The van der Waals surface area contributed by atoms with Crippen molar-refractivity contribution in [1.29, 1.82) is 0 Å². The third kappa shape index (κ3) is 0.654. The van der Waals surface area contributed by atoms with Crippen LogP contribution >= 0.6 is 0 Å². The van der Waals surface area contributed by atoms with Gasteiger partial charge in [-0.3, -0.25) is 0 Å². The van der Waals surface area contributed by atoms with E-state index in [1.54, 1.807) is 0 Å². The van der Waals surface area contributed by atoms with Crippen LogP contribution in [0.5, 0.6) is 0 Å². The standard InChI is InChI=1S/C11H19N/c1-6-5-8(6)10-7-3-4-9(7)11(10,2)12/h6-10H,3-5,12H2,1-2H3/t6-,7?,8+,9?,10?,11?/m0/s1. The molecule has 3 fully saturated rings. The van der Waals surface area contributed by atoms with Gasteiger partial charge in [0.05, 0.1) is 0 Å². The molecule has 0 bridgehead atoms. The molecule has 2 N–H and O–H groups in total. The minimum absolute atomic E-state index is 0.221. The summed E-state index contributed by atoms with van der Waals surface area (Å²) in [7, 11) is 0. The van der Waals surface area contributed by atoms with E-state index in [1.807, 2.05) is 0 Å². The molecular weight excluding hydrogens is 146 g/mol. The van der Waals surface area contributed by atoms with E-state index in [4.69, 9.17) is 5.73 Å². The summed E-state index contributed by atoms with van der Waals surface area (Å²) in [6.45, 7) is 4.68. The van der Waals surface area contributed by atoms with E-state index < -0.39 is 0 Å². The van der Waals surface area contributed by atoms with Crippen LogP contribution in [0.1, 0.15) is 33.1 Å². The lowest BCUT2D eigenvalue weighted by molar-refractivity contribution is -0.126. The first-order valence-corrected chi connectivity index (χ1v) is 5.41. The lowest BCUT2D eigenvalue weighted by atomic mass is 9.42. The molecule has 4 unspecified atom stereocenters. The number of fused-ring (bicyclic) bond motifs is 1. The van der Waals surface area contributed by atoms with Crippen LogP contribution in [-0.4, -0.2) is 5.54 Å². The molecule has 3 saturated carbocycles. The maximum atomic E-state index is 6.35. The first-order valence-electron chi connectivity index (χ1n) is 5.41. The summed E-state index contributed by atoms with van der Waals surface area (Å²) in [5.74, 6) is 4.82. The van der Waals surface area contributed by atoms with Gasteiger partial charge in [0.2, 0.25) is 0 Å². The molecule has 12 heavy (non-hydrogen) atoms. The third-order valence-electron chi connectivity index (χ3n) is 4.94. The summed E-state index contributed by atoms with van der Waals surface area (Å²) in [5.41, 5.74) is 6.57. The maximum absolute atomic E-state index is 6.35.